The summed E-state index contributed by atoms with van der Waals surface area (Å²) in [6.45, 7) is 4.13. The highest BCUT2D eigenvalue weighted by molar-refractivity contribution is 5.84. The maximum atomic E-state index is 4.60. The quantitative estimate of drug-likeness (QED) is 0.610. The Kier molecular flexibility index (Phi) is 4.92. The first-order valence-electron chi connectivity index (χ1n) is 7.89. The van der Waals surface area contributed by atoms with Gasteiger partial charge in [-0.15, -0.1) is 0 Å². The summed E-state index contributed by atoms with van der Waals surface area (Å²) in [4.78, 5) is 13.6. The lowest BCUT2D eigenvalue weighted by atomic mass is 10.1. The van der Waals surface area contributed by atoms with Crippen LogP contribution in [0.3, 0.4) is 0 Å². The Morgan fingerprint density at radius 2 is 1.25 bits per heavy atom. The van der Waals surface area contributed by atoms with E-state index in [0.29, 0.717) is 0 Å². The van der Waals surface area contributed by atoms with E-state index in [0.717, 1.165) is 33.9 Å². The first-order valence-corrected chi connectivity index (χ1v) is 7.89. The van der Waals surface area contributed by atoms with Gasteiger partial charge < -0.3 is 0 Å². The van der Waals surface area contributed by atoms with Crippen molar-refractivity contribution in [2.45, 2.75) is 13.8 Å². The van der Waals surface area contributed by atoms with Crippen molar-refractivity contribution in [1.82, 2.24) is 4.98 Å². The van der Waals surface area contributed by atoms with Crippen molar-refractivity contribution in [2.75, 3.05) is 0 Å². The zero-order valence-corrected chi connectivity index (χ0v) is 13.8. The van der Waals surface area contributed by atoms with Gasteiger partial charge >= 0.3 is 0 Å². The smallest absolute Gasteiger partial charge is 0.0820 e. The molecule has 0 atom stereocenters. The van der Waals surface area contributed by atoms with Crippen molar-refractivity contribution >= 4 is 23.8 Å². The van der Waals surface area contributed by atoms with E-state index >= 15 is 0 Å². The van der Waals surface area contributed by atoms with E-state index in [-0.39, 0.29) is 0 Å². The van der Waals surface area contributed by atoms with Gasteiger partial charge in [-0.05, 0) is 49.2 Å². The molecule has 1 heterocycles. The average molecular weight is 313 g/mol. The van der Waals surface area contributed by atoms with E-state index in [1.165, 1.54) is 0 Å². The molecule has 0 amide bonds. The molecule has 118 valence electrons. The van der Waals surface area contributed by atoms with Crippen molar-refractivity contribution in [3.8, 4) is 0 Å². The lowest BCUT2D eigenvalue weighted by molar-refractivity contribution is 1.27. The van der Waals surface area contributed by atoms with Crippen molar-refractivity contribution < 1.29 is 0 Å². The average Bonchev–Trinajstić information content (AvgIpc) is 2.61. The highest BCUT2D eigenvalue weighted by Gasteiger charge is 1.99. The molecule has 0 aliphatic heterocycles. The van der Waals surface area contributed by atoms with Gasteiger partial charge in [-0.3, -0.25) is 9.98 Å². The fourth-order valence-electron chi connectivity index (χ4n) is 2.41. The Bertz CT molecular complexity index is 860. The number of rotatable bonds is 4. The molecule has 3 aromatic rings. The highest BCUT2D eigenvalue weighted by Crippen LogP contribution is 2.22. The van der Waals surface area contributed by atoms with Gasteiger partial charge in [0.15, 0.2) is 0 Å². The molecule has 0 bridgehead atoms. The third kappa shape index (κ3) is 4.02. The first kappa shape index (κ1) is 15.8. The molecule has 2 aromatic carbocycles. The highest BCUT2D eigenvalue weighted by atomic mass is 14.8. The van der Waals surface area contributed by atoms with Gasteiger partial charge in [0.2, 0.25) is 0 Å². The molecule has 1 aromatic heterocycles. The van der Waals surface area contributed by atoms with E-state index in [9.17, 15) is 0 Å². The molecule has 0 saturated heterocycles. The second-order valence-corrected chi connectivity index (χ2v) is 5.58. The number of aryl methyl sites for hydroxylation is 2. The molecule has 0 fully saturated rings. The largest absolute Gasteiger partial charge is 0.255 e. The normalized spacial score (nSPS) is 11.4. The van der Waals surface area contributed by atoms with E-state index < -0.39 is 0 Å². The minimum absolute atomic E-state index is 0.810. The van der Waals surface area contributed by atoms with Crippen molar-refractivity contribution in [1.29, 1.82) is 0 Å². The predicted molar refractivity (Wildman–Crippen MR) is 101 cm³/mol. The summed E-state index contributed by atoms with van der Waals surface area (Å²) in [6.07, 6.45) is 3.57. The maximum Gasteiger partial charge on any atom is 0.0820 e. The van der Waals surface area contributed by atoms with Crippen LogP contribution in [0.5, 0.6) is 0 Å². The van der Waals surface area contributed by atoms with Gasteiger partial charge in [-0.2, -0.15) is 0 Å². The van der Waals surface area contributed by atoms with Crippen LogP contribution < -0.4 is 0 Å². The van der Waals surface area contributed by atoms with Crippen LogP contribution in [-0.4, -0.2) is 17.4 Å². The summed E-state index contributed by atoms with van der Waals surface area (Å²) in [7, 11) is 0. The van der Waals surface area contributed by atoms with Crippen molar-refractivity contribution in [3.63, 3.8) is 0 Å². The molecule has 0 radical (unpaired) electrons. The molecular weight excluding hydrogens is 294 g/mol. The third-order valence-corrected chi connectivity index (χ3v) is 3.66. The Labute approximate surface area is 142 Å². The number of aliphatic imine (C=N–C) groups is 2. The second-order valence-electron chi connectivity index (χ2n) is 5.58. The van der Waals surface area contributed by atoms with Gasteiger partial charge in [0.05, 0.1) is 35.2 Å². The Hall–Kier alpha value is -3.07. The number of benzene rings is 2. The number of aromatic nitrogens is 1. The van der Waals surface area contributed by atoms with Gasteiger partial charge in [0.1, 0.15) is 0 Å². The molecule has 0 unspecified atom stereocenters. The van der Waals surface area contributed by atoms with E-state index in [2.05, 4.69) is 40.9 Å². The SMILES string of the molecule is Cc1cccc(C)c1N=Cc1cccc(C=Nc2ccccc2)n1. The molecule has 0 saturated carbocycles. The summed E-state index contributed by atoms with van der Waals surface area (Å²) in [6, 6.07) is 21.8. The summed E-state index contributed by atoms with van der Waals surface area (Å²) in [5.74, 6) is 0. The van der Waals surface area contributed by atoms with Gasteiger partial charge in [-0.25, -0.2) is 4.98 Å². The van der Waals surface area contributed by atoms with Gasteiger partial charge in [0, 0.05) is 0 Å². The monoisotopic (exact) mass is 313 g/mol. The summed E-state index contributed by atoms with van der Waals surface area (Å²) < 4.78 is 0. The van der Waals surface area contributed by atoms with Crippen LogP contribution in [0.1, 0.15) is 22.5 Å². The van der Waals surface area contributed by atoms with Crippen molar-refractivity contribution in [3.05, 3.63) is 89.2 Å². The van der Waals surface area contributed by atoms with Gasteiger partial charge in [-0.1, -0.05) is 42.5 Å². The number of nitrogens with zero attached hydrogens (tertiary/aromatic N) is 3. The number of hydrogen-bond acceptors (Lipinski definition) is 3. The predicted octanol–water partition coefficient (Wildman–Crippen LogP) is 5.20. The molecule has 3 heteroatoms. The molecule has 0 aliphatic carbocycles. The summed E-state index contributed by atoms with van der Waals surface area (Å²) in [5, 5.41) is 0. The number of para-hydroxylation sites is 2. The fraction of sp³-hybridized carbons (Fsp3) is 0.0952. The standard InChI is InChI=1S/C21H19N3/c1-16-8-6-9-17(2)21(16)23-15-20-13-7-12-19(24-20)14-22-18-10-4-3-5-11-18/h3-15H,1-2H3. The zero-order valence-electron chi connectivity index (χ0n) is 13.8. The molecule has 24 heavy (non-hydrogen) atoms. The Balaban J connectivity index is 1.81. The number of hydrogen-bond donors (Lipinski definition) is 0. The fourth-order valence-corrected chi connectivity index (χ4v) is 2.41. The van der Waals surface area contributed by atoms with Crippen LogP contribution in [-0.2, 0) is 0 Å². The van der Waals surface area contributed by atoms with E-state index in [1.54, 1.807) is 12.4 Å². The minimum Gasteiger partial charge on any atom is -0.255 e. The molecule has 3 nitrogen and oxygen atoms in total. The molecule has 0 spiro atoms. The Morgan fingerprint density at radius 3 is 1.92 bits per heavy atom. The molecule has 0 N–H and O–H groups in total. The maximum absolute atomic E-state index is 4.60. The van der Waals surface area contributed by atoms with E-state index in [1.807, 2.05) is 54.6 Å². The van der Waals surface area contributed by atoms with Crippen LogP contribution in [0.15, 0.2) is 76.7 Å². The van der Waals surface area contributed by atoms with Crippen LogP contribution in [0.2, 0.25) is 0 Å². The summed E-state index contributed by atoms with van der Waals surface area (Å²) in [5.41, 5.74) is 5.86. The minimum atomic E-state index is 0.810. The lowest BCUT2D eigenvalue weighted by Gasteiger charge is -2.03. The first-order chi connectivity index (χ1) is 11.7. The lowest BCUT2D eigenvalue weighted by Crippen LogP contribution is -1.93. The Morgan fingerprint density at radius 1 is 0.667 bits per heavy atom. The molecule has 3 rings (SSSR count). The number of pyridine rings is 1. The van der Waals surface area contributed by atoms with Gasteiger partial charge in [0.25, 0.3) is 0 Å². The van der Waals surface area contributed by atoms with Crippen LogP contribution >= 0.6 is 0 Å². The van der Waals surface area contributed by atoms with Crippen molar-refractivity contribution in [2.24, 2.45) is 9.98 Å². The summed E-state index contributed by atoms with van der Waals surface area (Å²) >= 11 is 0. The van der Waals surface area contributed by atoms with Crippen LogP contribution in [0.4, 0.5) is 11.4 Å². The second kappa shape index (κ2) is 7.47. The van der Waals surface area contributed by atoms with E-state index in [4.69, 9.17) is 0 Å². The van der Waals surface area contributed by atoms with Crippen LogP contribution in [0.25, 0.3) is 0 Å². The molecular formula is C21H19N3. The third-order valence-electron chi connectivity index (χ3n) is 3.66. The topological polar surface area (TPSA) is 37.6 Å². The van der Waals surface area contributed by atoms with Crippen LogP contribution in [0, 0.1) is 13.8 Å². The molecule has 0 aliphatic rings. The zero-order chi connectivity index (χ0) is 16.8.